The number of likely N-dealkylation sites (tertiary alicyclic amines) is 1. The average Bonchev–Trinajstić information content (AvgIpc) is 3.16. The van der Waals surface area contributed by atoms with Crippen molar-refractivity contribution in [2.24, 2.45) is 0 Å². The van der Waals surface area contributed by atoms with Gasteiger partial charge in [-0.3, -0.25) is 4.72 Å². The zero-order valence-electron chi connectivity index (χ0n) is 19.3. The van der Waals surface area contributed by atoms with Crippen molar-refractivity contribution in [1.29, 1.82) is 0 Å². The van der Waals surface area contributed by atoms with E-state index in [1.54, 1.807) is 31.7 Å². The van der Waals surface area contributed by atoms with Crippen LogP contribution in [0.3, 0.4) is 0 Å². The number of hydrogen-bond donors (Lipinski definition) is 1. The van der Waals surface area contributed by atoms with Gasteiger partial charge in [-0.1, -0.05) is 0 Å². The van der Waals surface area contributed by atoms with Crippen molar-refractivity contribution in [3.63, 3.8) is 0 Å². The van der Waals surface area contributed by atoms with E-state index in [9.17, 15) is 26.4 Å². The molecule has 1 aliphatic rings. The number of nitrogens with one attached hydrogen (secondary N) is 1. The molecule has 1 atom stereocenters. The number of alkyl halides is 3. The van der Waals surface area contributed by atoms with Crippen LogP contribution in [0.2, 0.25) is 0 Å². The van der Waals surface area contributed by atoms with Gasteiger partial charge in [-0.25, -0.2) is 13.2 Å². The molecule has 0 bridgehead atoms. The minimum atomic E-state index is -4.47. The van der Waals surface area contributed by atoms with E-state index in [-0.39, 0.29) is 11.4 Å². The summed E-state index contributed by atoms with van der Waals surface area (Å²) in [6.45, 7) is 5.70. The van der Waals surface area contributed by atoms with E-state index in [1.807, 2.05) is 0 Å². The van der Waals surface area contributed by atoms with Crippen molar-refractivity contribution in [2.45, 2.75) is 51.4 Å². The van der Waals surface area contributed by atoms with Crippen LogP contribution < -0.4 is 9.46 Å². The summed E-state index contributed by atoms with van der Waals surface area (Å²) >= 11 is 0. The summed E-state index contributed by atoms with van der Waals surface area (Å²) in [5.41, 5.74) is -0.728. The molecule has 0 saturated carbocycles. The number of halogens is 3. The molecule has 7 nitrogen and oxygen atoms in total. The Morgan fingerprint density at radius 1 is 1.09 bits per heavy atom. The molecule has 2 aromatic rings. The Balaban J connectivity index is 1.97. The molecule has 1 aliphatic heterocycles. The molecule has 1 unspecified atom stereocenters. The summed E-state index contributed by atoms with van der Waals surface area (Å²) in [5.74, 6) is 0.458. The topological polar surface area (TPSA) is 84.9 Å². The number of hydrogen-bond acceptors (Lipinski definition) is 5. The number of carbonyl (C=O) groups excluding carboxylic acids is 1. The highest BCUT2D eigenvalue weighted by Crippen LogP contribution is 2.41. The highest BCUT2D eigenvalue weighted by molar-refractivity contribution is 7.92. The number of sulfonamides is 1. The maximum absolute atomic E-state index is 12.9. The Bertz CT molecular complexity index is 1140. The lowest BCUT2D eigenvalue weighted by molar-refractivity contribution is -0.137. The van der Waals surface area contributed by atoms with Crippen LogP contribution in [0.4, 0.5) is 23.7 Å². The normalized spacial score (nSPS) is 16.9. The van der Waals surface area contributed by atoms with Crippen molar-refractivity contribution < 1.29 is 35.9 Å². The first kappa shape index (κ1) is 25.7. The summed E-state index contributed by atoms with van der Waals surface area (Å²) in [4.78, 5) is 14.4. The van der Waals surface area contributed by atoms with Crippen molar-refractivity contribution in [3.8, 4) is 11.5 Å². The third kappa shape index (κ3) is 6.78. The molecule has 2 aromatic carbocycles. The molecule has 0 radical (unpaired) electrons. The molecule has 3 rings (SSSR count). The lowest BCUT2D eigenvalue weighted by Crippen LogP contribution is -2.36. The van der Waals surface area contributed by atoms with Crippen LogP contribution in [0.5, 0.6) is 11.5 Å². The van der Waals surface area contributed by atoms with E-state index >= 15 is 0 Å². The zero-order valence-corrected chi connectivity index (χ0v) is 20.1. The lowest BCUT2D eigenvalue weighted by atomic mass is 10.0. The molecular weight excluding hydrogens is 473 g/mol. The third-order valence-electron chi connectivity index (χ3n) is 4.96. The maximum Gasteiger partial charge on any atom is 0.416 e. The van der Waals surface area contributed by atoms with Gasteiger partial charge < -0.3 is 14.4 Å². The zero-order chi connectivity index (χ0) is 25.3. The molecule has 1 saturated heterocycles. The van der Waals surface area contributed by atoms with E-state index < -0.39 is 39.5 Å². The van der Waals surface area contributed by atoms with Gasteiger partial charge >= 0.3 is 12.3 Å². The molecule has 1 amide bonds. The van der Waals surface area contributed by atoms with Gasteiger partial charge in [-0.15, -0.1) is 0 Å². The van der Waals surface area contributed by atoms with Crippen molar-refractivity contribution >= 4 is 21.8 Å². The molecule has 0 aromatic heterocycles. The van der Waals surface area contributed by atoms with Gasteiger partial charge in [0.1, 0.15) is 17.1 Å². The van der Waals surface area contributed by atoms with Crippen LogP contribution in [0.15, 0.2) is 42.5 Å². The van der Waals surface area contributed by atoms with Crippen LogP contribution in [-0.4, -0.2) is 37.8 Å². The summed E-state index contributed by atoms with van der Waals surface area (Å²) in [5, 5.41) is 0. The quantitative estimate of drug-likeness (QED) is 0.549. The molecule has 11 heteroatoms. The molecule has 0 spiro atoms. The first-order valence-electron chi connectivity index (χ1n) is 10.6. The van der Waals surface area contributed by atoms with Crippen LogP contribution in [-0.2, 0) is 20.9 Å². The Morgan fingerprint density at radius 3 is 2.29 bits per heavy atom. The second-order valence-corrected chi connectivity index (χ2v) is 10.8. The van der Waals surface area contributed by atoms with Crippen molar-refractivity contribution in [1.82, 2.24) is 4.90 Å². The van der Waals surface area contributed by atoms with Crippen LogP contribution >= 0.6 is 0 Å². The predicted molar refractivity (Wildman–Crippen MR) is 121 cm³/mol. The average molecular weight is 501 g/mol. The number of rotatable bonds is 5. The molecule has 1 heterocycles. The fourth-order valence-corrected chi connectivity index (χ4v) is 4.20. The number of anilines is 1. The summed E-state index contributed by atoms with van der Waals surface area (Å²) in [6.07, 6.45) is -2.71. The van der Waals surface area contributed by atoms with E-state index in [0.717, 1.165) is 18.4 Å². The van der Waals surface area contributed by atoms with Gasteiger partial charge in [0.05, 0.1) is 17.9 Å². The number of ether oxygens (including phenoxy) is 2. The van der Waals surface area contributed by atoms with Gasteiger partial charge in [0.2, 0.25) is 10.0 Å². The van der Waals surface area contributed by atoms with Gasteiger partial charge in [0, 0.05) is 17.8 Å². The Morgan fingerprint density at radius 2 is 1.74 bits per heavy atom. The Labute approximate surface area is 196 Å². The van der Waals surface area contributed by atoms with E-state index in [1.165, 1.54) is 24.3 Å². The molecule has 186 valence electrons. The molecule has 34 heavy (non-hydrogen) atoms. The highest BCUT2D eigenvalue weighted by Gasteiger charge is 2.35. The van der Waals surface area contributed by atoms with Gasteiger partial charge in [0.15, 0.2) is 0 Å². The smallest absolute Gasteiger partial charge is 0.416 e. The number of carbonyl (C=O) groups is 1. The fraction of sp³-hybridized carbons (Fsp3) is 0.435. The molecule has 1 fully saturated rings. The van der Waals surface area contributed by atoms with E-state index in [2.05, 4.69) is 4.72 Å². The van der Waals surface area contributed by atoms with Gasteiger partial charge in [-0.2, -0.15) is 13.2 Å². The fourth-order valence-electron chi connectivity index (χ4n) is 3.65. The number of nitrogens with zero attached hydrogens (tertiary/aromatic N) is 1. The Kier molecular flexibility index (Phi) is 7.07. The maximum atomic E-state index is 12.9. The first-order valence-corrected chi connectivity index (χ1v) is 12.5. The monoisotopic (exact) mass is 500 g/mol. The standard InChI is InChI=1S/C23H27F3N2O5S/c1-22(2,3)33-21(29)28-13-5-6-19(28)18-14-16(27-34(4,30)31)9-12-20(18)32-17-10-7-15(8-11-17)23(24,25)26/h7-12,14,19,27H,5-6,13H2,1-4H3. The SMILES string of the molecule is CC(C)(C)OC(=O)N1CCCC1c1cc(NS(C)(=O)=O)ccc1Oc1ccc(C(F)(F)F)cc1. The van der Waals surface area contributed by atoms with E-state index in [4.69, 9.17) is 9.47 Å². The largest absolute Gasteiger partial charge is 0.457 e. The van der Waals surface area contributed by atoms with Gasteiger partial charge in [0.25, 0.3) is 0 Å². The van der Waals surface area contributed by atoms with Crippen LogP contribution in [0.25, 0.3) is 0 Å². The molecular formula is C23H27F3N2O5S. The highest BCUT2D eigenvalue weighted by atomic mass is 32.2. The summed E-state index contributed by atoms with van der Waals surface area (Å²) in [7, 11) is -3.56. The lowest BCUT2D eigenvalue weighted by Gasteiger charge is -2.30. The number of benzene rings is 2. The van der Waals surface area contributed by atoms with Crippen molar-refractivity contribution in [2.75, 3.05) is 17.5 Å². The van der Waals surface area contributed by atoms with Crippen molar-refractivity contribution in [3.05, 3.63) is 53.6 Å². The predicted octanol–water partition coefficient (Wildman–Crippen LogP) is 5.94. The van der Waals surface area contributed by atoms with Crippen LogP contribution in [0, 0.1) is 0 Å². The minimum absolute atomic E-state index is 0.167. The molecule has 1 N–H and O–H groups in total. The minimum Gasteiger partial charge on any atom is -0.457 e. The second-order valence-electron chi connectivity index (χ2n) is 9.08. The summed E-state index contributed by atoms with van der Waals surface area (Å²) < 4.78 is 75.9. The number of amides is 1. The van der Waals surface area contributed by atoms with Gasteiger partial charge in [-0.05, 0) is 76.1 Å². The third-order valence-corrected chi connectivity index (χ3v) is 5.57. The summed E-state index contributed by atoms with van der Waals surface area (Å²) in [6, 6.07) is 8.33. The van der Waals surface area contributed by atoms with Crippen LogP contribution in [0.1, 0.15) is 50.8 Å². The van der Waals surface area contributed by atoms with E-state index in [0.29, 0.717) is 30.7 Å². The molecule has 0 aliphatic carbocycles. The second kappa shape index (κ2) is 9.36. The first-order chi connectivity index (χ1) is 15.6. The Hall–Kier alpha value is -2.95.